The van der Waals surface area contributed by atoms with Gasteiger partial charge in [-0.1, -0.05) is 37.8 Å². The maximum atomic E-state index is 6.08. The van der Waals surface area contributed by atoms with E-state index in [1.54, 1.807) is 0 Å². The first-order chi connectivity index (χ1) is 9.22. The molecule has 3 nitrogen and oxygen atoms in total. The lowest BCUT2D eigenvalue weighted by atomic mass is 9.80. The third-order valence-electron chi connectivity index (χ3n) is 4.49. The molecule has 0 amide bonds. The van der Waals surface area contributed by atoms with Crippen LogP contribution in [0.5, 0.6) is 0 Å². The van der Waals surface area contributed by atoms with Gasteiger partial charge in [-0.05, 0) is 31.1 Å². The molecule has 2 aliphatic carbocycles. The van der Waals surface area contributed by atoms with Crippen molar-refractivity contribution in [2.24, 2.45) is 11.8 Å². The fourth-order valence-electron chi connectivity index (χ4n) is 2.98. The fraction of sp³-hybridized carbons (Fsp3) is 0.733. The maximum absolute atomic E-state index is 6.08. The molecule has 0 saturated heterocycles. The number of hydrogen-bond donors (Lipinski definition) is 1. The summed E-state index contributed by atoms with van der Waals surface area (Å²) >= 11 is 6.08. The smallest absolute Gasteiger partial charge is 0.135 e. The van der Waals surface area contributed by atoms with Crippen LogP contribution in [0.4, 0.5) is 5.82 Å². The average molecular weight is 280 g/mol. The van der Waals surface area contributed by atoms with E-state index in [0.717, 1.165) is 30.0 Å². The van der Waals surface area contributed by atoms with Crippen molar-refractivity contribution in [3.63, 3.8) is 0 Å². The second-order valence-corrected chi connectivity index (χ2v) is 6.50. The van der Waals surface area contributed by atoms with E-state index in [1.807, 2.05) is 6.07 Å². The monoisotopic (exact) mass is 279 g/mol. The average Bonchev–Trinajstić information content (AvgIpc) is 3.21. The summed E-state index contributed by atoms with van der Waals surface area (Å²) < 4.78 is 0. The highest BCUT2D eigenvalue weighted by molar-refractivity contribution is 6.29. The largest absolute Gasteiger partial charge is 0.370 e. The number of halogens is 1. The van der Waals surface area contributed by atoms with E-state index in [0.29, 0.717) is 11.1 Å². The van der Waals surface area contributed by atoms with Gasteiger partial charge in [0.25, 0.3) is 0 Å². The SMILES string of the molecule is CC1CCCCC1CNc1cc(Cl)nc(C2CC2)n1. The third kappa shape index (κ3) is 3.38. The molecule has 3 rings (SSSR count). The Morgan fingerprint density at radius 2 is 2.00 bits per heavy atom. The van der Waals surface area contributed by atoms with Gasteiger partial charge in [0.05, 0.1) is 0 Å². The van der Waals surface area contributed by atoms with Crippen molar-refractivity contribution in [3.05, 3.63) is 17.0 Å². The number of nitrogens with zero attached hydrogens (tertiary/aromatic N) is 2. The highest BCUT2D eigenvalue weighted by Crippen LogP contribution is 2.38. The summed E-state index contributed by atoms with van der Waals surface area (Å²) in [4.78, 5) is 8.92. The fourth-order valence-corrected chi connectivity index (χ4v) is 3.17. The molecular weight excluding hydrogens is 258 g/mol. The van der Waals surface area contributed by atoms with Crippen LogP contribution in [0.1, 0.15) is 57.2 Å². The molecule has 2 fully saturated rings. The Balaban J connectivity index is 1.62. The lowest BCUT2D eigenvalue weighted by molar-refractivity contribution is 0.268. The van der Waals surface area contributed by atoms with Crippen molar-refractivity contribution in [1.82, 2.24) is 9.97 Å². The Morgan fingerprint density at radius 1 is 1.21 bits per heavy atom. The van der Waals surface area contributed by atoms with E-state index in [1.165, 1.54) is 38.5 Å². The van der Waals surface area contributed by atoms with Crippen LogP contribution in [0.15, 0.2) is 6.07 Å². The zero-order valence-corrected chi connectivity index (χ0v) is 12.3. The molecule has 1 aromatic rings. The standard InChI is InChI=1S/C15H22ClN3/c1-10-4-2-3-5-12(10)9-17-14-8-13(16)18-15(19-14)11-6-7-11/h8,10-12H,2-7,9H2,1H3,(H,17,18,19). The number of aromatic nitrogens is 2. The molecule has 2 atom stereocenters. The van der Waals surface area contributed by atoms with Crippen LogP contribution in [0.2, 0.25) is 5.15 Å². The minimum Gasteiger partial charge on any atom is -0.370 e. The molecule has 19 heavy (non-hydrogen) atoms. The number of anilines is 1. The van der Waals surface area contributed by atoms with Gasteiger partial charge >= 0.3 is 0 Å². The Bertz CT molecular complexity index is 445. The van der Waals surface area contributed by atoms with Crippen LogP contribution in [0.25, 0.3) is 0 Å². The molecule has 104 valence electrons. The summed E-state index contributed by atoms with van der Waals surface area (Å²) in [5.74, 6) is 3.97. The third-order valence-corrected chi connectivity index (χ3v) is 4.68. The first-order valence-electron chi connectivity index (χ1n) is 7.50. The molecule has 2 saturated carbocycles. The Kier molecular flexibility index (Phi) is 3.92. The van der Waals surface area contributed by atoms with Crippen LogP contribution >= 0.6 is 11.6 Å². The molecule has 0 spiro atoms. The second-order valence-electron chi connectivity index (χ2n) is 6.11. The summed E-state index contributed by atoms with van der Waals surface area (Å²) in [5, 5.41) is 4.04. The van der Waals surface area contributed by atoms with Crippen LogP contribution in [-0.4, -0.2) is 16.5 Å². The summed E-state index contributed by atoms with van der Waals surface area (Å²) in [7, 11) is 0. The van der Waals surface area contributed by atoms with Gasteiger partial charge in [-0.15, -0.1) is 0 Å². The van der Waals surface area contributed by atoms with Gasteiger partial charge in [0.1, 0.15) is 16.8 Å². The highest BCUT2D eigenvalue weighted by Gasteiger charge is 2.27. The van der Waals surface area contributed by atoms with Crippen LogP contribution in [0, 0.1) is 11.8 Å². The van der Waals surface area contributed by atoms with Crippen molar-refractivity contribution >= 4 is 17.4 Å². The van der Waals surface area contributed by atoms with Gasteiger partial charge in [0.2, 0.25) is 0 Å². The maximum Gasteiger partial charge on any atom is 0.135 e. The molecule has 2 unspecified atom stereocenters. The van der Waals surface area contributed by atoms with Crippen LogP contribution in [0.3, 0.4) is 0 Å². The molecule has 0 aliphatic heterocycles. The van der Waals surface area contributed by atoms with E-state index >= 15 is 0 Å². The molecule has 0 radical (unpaired) electrons. The first kappa shape index (κ1) is 13.2. The van der Waals surface area contributed by atoms with Gasteiger partial charge in [0.15, 0.2) is 0 Å². The Morgan fingerprint density at radius 3 is 2.74 bits per heavy atom. The number of rotatable bonds is 4. The zero-order valence-electron chi connectivity index (χ0n) is 11.5. The summed E-state index contributed by atoms with van der Waals surface area (Å²) in [6.45, 7) is 3.38. The topological polar surface area (TPSA) is 37.8 Å². The first-order valence-corrected chi connectivity index (χ1v) is 7.88. The molecule has 4 heteroatoms. The zero-order chi connectivity index (χ0) is 13.2. The van der Waals surface area contributed by atoms with E-state index in [4.69, 9.17) is 11.6 Å². The second kappa shape index (κ2) is 5.66. The predicted molar refractivity (Wildman–Crippen MR) is 78.6 cm³/mol. The van der Waals surface area contributed by atoms with Gasteiger partial charge in [0, 0.05) is 18.5 Å². The molecule has 0 bridgehead atoms. The van der Waals surface area contributed by atoms with Gasteiger partial charge in [-0.3, -0.25) is 0 Å². The summed E-state index contributed by atoms with van der Waals surface area (Å²) in [6, 6.07) is 1.85. The van der Waals surface area contributed by atoms with Gasteiger partial charge in [-0.2, -0.15) is 0 Å². The molecule has 0 aromatic carbocycles. The van der Waals surface area contributed by atoms with Crippen molar-refractivity contribution in [2.45, 2.75) is 51.4 Å². The van der Waals surface area contributed by atoms with Crippen molar-refractivity contribution in [1.29, 1.82) is 0 Å². The number of nitrogens with one attached hydrogen (secondary N) is 1. The minimum absolute atomic E-state index is 0.549. The molecule has 1 N–H and O–H groups in total. The van der Waals surface area contributed by atoms with E-state index in [2.05, 4.69) is 22.2 Å². The van der Waals surface area contributed by atoms with Crippen LogP contribution in [-0.2, 0) is 0 Å². The molecule has 1 aromatic heterocycles. The molecule has 1 heterocycles. The molecule has 2 aliphatic rings. The minimum atomic E-state index is 0.549. The summed E-state index contributed by atoms with van der Waals surface area (Å²) in [6.07, 6.45) is 7.88. The Labute approximate surface area is 120 Å². The quantitative estimate of drug-likeness (QED) is 0.838. The lowest BCUT2D eigenvalue weighted by Crippen LogP contribution is -2.24. The van der Waals surface area contributed by atoms with E-state index in [9.17, 15) is 0 Å². The van der Waals surface area contributed by atoms with Crippen molar-refractivity contribution in [3.8, 4) is 0 Å². The van der Waals surface area contributed by atoms with Crippen LogP contribution < -0.4 is 5.32 Å². The van der Waals surface area contributed by atoms with Crippen molar-refractivity contribution in [2.75, 3.05) is 11.9 Å². The van der Waals surface area contributed by atoms with Gasteiger partial charge < -0.3 is 5.32 Å². The highest BCUT2D eigenvalue weighted by atomic mass is 35.5. The van der Waals surface area contributed by atoms with Crippen molar-refractivity contribution < 1.29 is 0 Å². The summed E-state index contributed by atoms with van der Waals surface area (Å²) in [5.41, 5.74) is 0. The molecular formula is C15H22ClN3. The van der Waals surface area contributed by atoms with Gasteiger partial charge in [-0.25, -0.2) is 9.97 Å². The number of hydrogen-bond acceptors (Lipinski definition) is 3. The normalized spacial score (nSPS) is 27.3. The predicted octanol–water partition coefficient (Wildman–Crippen LogP) is 4.25. The Hall–Kier alpha value is -0.830. The lowest BCUT2D eigenvalue weighted by Gasteiger charge is -2.29. The van der Waals surface area contributed by atoms with E-state index < -0.39 is 0 Å². The van der Waals surface area contributed by atoms with E-state index in [-0.39, 0.29) is 0 Å².